The zero-order chi connectivity index (χ0) is 14.3. The van der Waals surface area contributed by atoms with Gasteiger partial charge >= 0.3 is 6.03 Å². The summed E-state index contributed by atoms with van der Waals surface area (Å²) in [4.78, 5) is 27.5. The van der Waals surface area contributed by atoms with E-state index in [4.69, 9.17) is 4.74 Å². The summed E-state index contributed by atoms with van der Waals surface area (Å²) in [5.74, 6) is 0.845. The van der Waals surface area contributed by atoms with Crippen LogP contribution in [0.15, 0.2) is 12.1 Å². The van der Waals surface area contributed by atoms with E-state index in [0.29, 0.717) is 24.8 Å². The molecule has 2 fully saturated rings. The Morgan fingerprint density at radius 1 is 1.30 bits per heavy atom. The zero-order valence-corrected chi connectivity index (χ0v) is 11.4. The second-order valence-corrected chi connectivity index (χ2v) is 5.23. The van der Waals surface area contributed by atoms with Gasteiger partial charge in [0.05, 0.1) is 7.11 Å². The first-order valence-corrected chi connectivity index (χ1v) is 6.64. The van der Waals surface area contributed by atoms with Gasteiger partial charge in [-0.15, -0.1) is 10.2 Å². The molecule has 0 spiro atoms. The van der Waals surface area contributed by atoms with Crippen molar-refractivity contribution in [2.24, 2.45) is 5.92 Å². The van der Waals surface area contributed by atoms with Crippen molar-refractivity contribution in [1.29, 1.82) is 0 Å². The fourth-order valence-electron chi connectivity index (χ4n) is 2.73. The normalized spacial score (nSPS) is 25.9. The first-order valence-electron chi connectivity index (χ1n) is 6.64. The molecule has 2 aliphatic heterocycles. The van der Waals surface area contributed by atoms with Gasteiger partial charge in [-0.25, -0.2) is 9.69 Å². The summed E-state index contributed by atoms with van der Waals surface area (Å²) >= 11 is 0. The quantitative estimate of drug-likeness (QED) is 0.755. The number of ether oxygens (including phenoxy) is 1. The third kappa shape index (κ3) is 1.90. The van der Waals surface area contributed by atoms with Crippen LogP contribution in [0.5, 0.6) is 5.88 Å². The van der Waals surface area contributed by atoms with Gasteiger partial charge in [0, 0.05) is 12.6 Å². The maximum atomic E-state index is 12.4. The van der Waals surface area contributed by atoms with E-state index in [1.54, 1.807) is 17.0 Å². The summed E-state index contributed by atoms with van der Waals surface area (Å²) in [5, 5.41) is 7.70. The van der Waals surface area contributed by atoms with Crippen molar-refractivity contribution in [2.75, 3.05) is 18.6 Å². The van der Waals surface area contributed by atoms with E-state index in [-0.39, 0.29) is 23.8 Å². The highest BCUT2D eigenvalue weighted by molar-refractivity contribution is 6.20. The molecule has 0 saturated carbocycles. The number of urea groups is 1. The van der Waals surface area contributed by atoms with Gasteiger partial charge in [0.25, 0.3) is 5.91 Å². The number of fused-ring (bicyclic) bond motifs is 1. The minimum Gasteiger partial charge on any atom is -0.480 e. The Morgan fingerprint density at radius 2 is 2.10 bits per heavy atom. The Hall–Kier alpha value is -2.18. The Labute approximate surface area is 116 Å². The van der Waals surface area contributed by atoms with Crippen LogP contribution in [-0.2, 0) is 4.79 Å². The van der Waals surface area contributed by atoms with Crippen molar-refractivity contribution >= 4 is 17.8 Å². The number of amides is 3. The number of carbonyl (C=O) groups is 2. The van der Waals surface area contributed by atoms with Gasteiger partial charge in [-0.3, -0.25) is 4.79 Å². The Kier molecular flexibility index (Phi) is 3.04. The fraction of sp³-hybridized carbons (Fsp3) is 0.538. The summed E-state index contributed by atoms with van der Waals surface area (Å²) in [6.45, 7) is 2.72. The molecule has 20 heavy (non-hydrogen) atoms. The molecule has 1 aromatic rings. The number of hydrogen-bond donors (Lipinski definition) is 0. The predicted octanol–water partition coefficient (Wildman–Crippen LogP) is 1.05. The second kappa shape index (κ2) is 4.73. The monoisotopic (exact) mass is 276 g/mol. The van der Waals surface area contributed by atoms with Crippen LogP contribution in [0, 0.1) is 5.92 Å². The molecule has 2 unspecified atom stereocenters. The van der Waals surface area contributed by atoms with E-state index in [9.17, 15) is 9.59 Å². The lowest BCUT2D eigenvalue weighted by Gasteiger charge is -2.30. The summed E-state index contributed by atoms with van der Waals surface area (Å²) in [6, 6.07) is 2.51. The number of piperidine rings is 1. The molecule has 3 heterocycles. The number of carbonyl (C=O) groups excluding carboxylic acids is 2. The number of rotatable bonds is 2. The number of methoxy groups -OCH3 is 1. The average Bonchev–Trinajstić information content (AvgIpc) is 2.71. The number of hydrogen-bond acceptors (Lipinski definition) is 5. The average molecular weight is 276 g/mol. The molecule has 0 radical (unpaired) electrons. The first-order chi connectivity index (χ1) is 9.61. The maximum absolute atomic E-state index is 12.4. The van der Waals surface area contributed by atoms with Crippen molar-refractivity contribution in [3.63, 3.8) is 0 Å². The Morgan fingerprint density at radius 3 is 2.75 bits per heavy atom. The molecule has 3 amide bonds. The van der Waals surface area contributed by atoms with Gasteiger partial charge < -0.3 is 9.64 Å². The molecule has 3 rings (SSSR count). The summed E-state index contributed by atoms with van der Waals surface area (Å²) in [7, 11) is 1.48. The zero-order valence-electron chi connectivity index (χ0n) is 11.4. The third-order valence-corrected chi connectivity index (χ3v) is 3.87. The molecular weight excluding hydrogens is 260 g/mol. The lowest BCUT2D eigenvalue weighted by atomic mass is 9.93. The number of imide groups is 1. The second-order valence-electron chi connectivity index (χ2n) is 5.23. The topological polar surface area (TPSA) is 75.6 Å². The molecule has 0 bridgehead atoms. The van der Waals surface area contributed by atoms with Gasteiger partial charge in [0.2, 0.25) is 5.88 Å². The van der Waals surface area contributed by atoms with Gasteiger partial charge in [-0.05, 0) is 24.8 Å². The third-order valence-electron chi connectivity index (χ3n) is 3.87. The van der Waals surface area contributed by atoms with E-state index in [0.717, 1.165) is 11.3 Å². The van der Waals surface area contributed by atoms with E-state index < -0.39 is 0 Å². The summed E-state index contributed by atoms with van der Waals surface area (Å²) in [6.07, 6.45) is 1.64. The van der Waals surface area contributed by atoms with Crippen LogP contribution in [0.2, 0.25) is 0 Å². The van der Waals surface area contributed by atoms with Crippen molar-refractivity contribution in [3.8, 4) is 5.88 Å². The van der Waals surface area contributed by atoms with Crippen LogP contribution in [-0.4, -0.2) is 46.7 Å². The minimum absolute atomic E-state index is 0.207. The van der Waals surface area contributed by atoms with Gasteiger partial charge in [-0.2, -0.15) is 0 Å². The van der Waals surface area contributed by atoms with E-state index in [1.807, 2.05) is 0 Å². The number of aromatic nitrogens is 2. The smallest absolute Gasteiger partial charge is 0.333 e. The molecule has 0 aliphatic carbocycles. The predicted molar refractivity (Wildman–Crippen MR) is 70.4 cm³/mol. The van der Waals surface area contributed by atoms with Crippen LogP contribution in [0.25, 0.3) is 0 Å². The summed E-state index contributed by atoms with van der Waals surface area (Å²) < 4.78 is 4.92. The highest BCUT2D eigenvalue weighted by Crippen LogP contribution is 2.32. The molecule has 106 valence electrons. The van der Waals surface area contributed by atoms with Gasteiger partial charge in [0.15, 0.2) is 5.82 Å². The van der Waals surface area contributed by atoms with E-state index in [1.165, 1.54) is 7.11 Å². The van der Waals surface area contributed by atoms with E-state index >= 15 is 0 Å². The Bertz CT molecular complexity index is 545. The highest BCUT2D eigenvalue weighted by atomic mass is 16.5. The molecule has 0 N–H and O–H groups in total. The SMILES string of the molecule is COc1ccc(N2C(=O)C3CC(C)CCN3C2=O)nn1. The molecule has 7 nitrogen and oxygen atoms in total. The molecular formula is C13H16N4O3. The Balaban J connectivity index is 1.89. The largest absolute Gasteiger partial charge is 0.480 e. The lowest BCUT2D eigenvalue weighted by Crippen LogP contribution is -2.41. The van der Waals surface area contributed by atoms with Crippen molar-refractivity contribution < 1.29 is 14.3 Å². The maximum Gasteiger partial charge on any atom is 0.333 e. The minimum atomic E-state index is -0.352. The van der Waals surface area contributed by atoms with Crippen LogP contribution in [0.3, 0.4) is 0 Å². The molecule has 2 atom stereocenters. The number of anilines is 1. The summed E-state index contributed by atoms with van der Waals surface area (Å²) in [5.41, 5.74) is 0. The van der Waals surface area contributed by atoms with E-state index in [2.05, 4.69) is 17.1 Å². The van der Waals surface area contributed by atoms with Crippen LogP contribution in [0.1, 0.15) is 19.8 Å². The molecule has 0 aromatic carbocycles. The van der Waals surface area contributed by atoms with Crippen LogP contribution in [0.4, 0.5) is 10.6 Å². The van der Waals surface area contributed by atoms with Crippen molar-refractivity contribution in [2.45, 2.75) is 25.8 Å². The van der Waals surface area contributed by atoms with Crippen LogP contribution < -0.4 is 9.64 Å². The molecule has 2 saturated heterocycles. The van der Waals surface area contributed by atoms with Crippen molar-refractivity contribution in [1.82, 2.24) is 15.1 Å². The first kappa shape index (κ1) is 12.8. The molecule has 1 aromatic heterocycles. The van der Waals surface area contributed by atoms with Gasteiger partial charge in [-0.1, -0.05) is 6.92 Å². The van der Waals surface area contributed by atoms with Gasteiger partial charge in [0.1, 0.15) is 6.04 Å². The fourth-order valence-corrected chi connectivity index (χ4v) is 2.73. The standard InChI is InChI=1S/C13H16N4O3/c1-8-5-6-16-9(7-8)12(18)17(13(16)19)10-3-4-11(20-2)15-14-10/h3-4,8-9H,5-7H2,1-2H3. The molecule has 2 aliphatic rings. The molecule has 7 heteroatoms. The highest BCUT2D eigenvalue weighted by Gasteiger charge is 2.48. The van der Waals surface area contributed by atoms with Crippen molar-refractivity contribution in [3.05, 3.63) is 12.1 Å². The number of nitrogens with zero attached hydrogens (tertiary/aromatic N) is 4. The lowest BCUT2D eigenvalue weighted by molar-refractivity contribution is -0.120. The van der Waals surface area contributed by atoms with Crippen LogP contribution >= 0.6 is 0 Å².